The van der Waals surface area contributed by atoms with Gasteiger partial charge in [-0.05, 0) is 18.4 Å². The molecule has 1 aliphatic rings. The standard InChI is InChI=1S/C15H22N2O4S.ClH/c1-22(19,20)14-8-7-13(9-16)17(10-14)15(18)21-11-12-5-3-2-4-6-12;/h2-6,13-14H,7-11,16H2,1H3;1H. The van der Waals surface area contributed by atoms with Crippen LogP contribution >= 0.6 is 12.4 Å². The van der Waals surface area contributed by atoms with Crippen molar-refractivity contribution in [2.75, 3.05) is 19.3 Å². The summed E-state index contributed by atoms with van der Waals surface area (Å²) in [5, 5.41) is -0.542. The first-order valence-electron chi connectivity index (χ1n) is 7.28. The summed E-state index contributed by atoms with van der Waals surface area (Å²) in [6.07, 6.45) is 1.80. The highest BCUT2D eigenvalue weighted by atomic mass is 35.5. The first-order chi connectivity index (χ1) is 10.4. The van der Waals surface area contributed by atoms with Crippen molar-refractivity contribution in [1.29, 1.82) is 0 Å². The molecule has 2 rings (SSSR count). The van der Waals surface area contributed by atoms with Gasteiger partial charge >= 0.3 is 6.09 Å². The second kappa shape index (κ2) is 8.52. The minimum absolute atomic E-state index is 0. The third-order valence-corrected chi connectivity index (χ3v) is 5.58. The van der Waals surface area contributed by atoms with Crippen molar-refractivity contribution in [3.63, 3.8) is 0 Å². The fourth-order valence-corrected chi connectivity index (χ4v) is 3.61. The monoisotopic (exact) mass is 362 g/mol. The fraction of sp³-hybridized carbons (Fsp3) is 0.533. The van der Waals surface area contributed by atoms with Gasteiger partial charge in [-0.25, -0.2) is 13.2 Å². The molecule has 2 unspecified atom stereocenters. The highest BCUT2D eigenvalue weighted by Crippen LogP contribution is 2.22. The van der Waals surface area contributed by atoms with Crippen LogP contribution in [0.3, 0.4) is 0 Å². The van der Waals surface area contributed by atoms with Crippen molar-refractivity contribution in [2.24, 2.45) is 5.73 Å². The molecule has 1 aromatic carbocycles. The summed E-state index contributed by atoms with van der Waals surface area (Å²) in [7, 11) is -3.18. The van der Waals surface area contributed by atoms with E-state index in [4.69, 9.17) is 10.5 Å². The Labute approximate surface area is 143 Å². The van der Waals surface area contributed by atoms with Gasteiger partial charge in [0.05, 0.1) is 5.25 Å². The Bertz CT molecular complexity index is 609. The maximum atomic E-state index is 12.3. The van der Waals surface area contributed by atoms with Crippen molar-refractivity contribution < 1.29 is 17.9 Å². The van der Waals surface area contributed by atoms with Crippen LogP contribution in [0.15, 0.2) is 30.3 Å². The second-order valence-corrected chi connectivity index (χ2v) is 7.94. The predicted octanol–water partition coefficient (Wildman–Crippen LogP) is 1.58. The maximum Gasteiger partial charge on any atom is 0.410 e. The maximum absolute atomic E-state index is 12.3. The number of sulfone groups is 1. The van der Waals surface area contributed by atoms with Gasteiger partial charge in [0.25, 0.3) is 0 Å². The number of carbonyl (C=O) groups is 1. The summed E-state index contributed by atoms with van der Waals surface area (Å²) in [5.74, 6) is 0. The van der Waals surface area contributed by atoms with Gasteiger partial charge in [-0.2, -0.15) is 0 Å². The van der Waals surface area contributed by atoms with Gasteiger partial charge in [-0.1, -0.05) is 30.3 Å². The molecule has 0 spiro atoms. The zero-order chi connectivity index (χ0) is 16.2. The van der Waals surface area contributed by atoms with Crippen molar-refractivity contribution >= 4 is 28.3 Å². The molecule has 0 aliphatic carbocycles. The van der Waals surface area contributed by atoms with Crippen molar-refractivity contribution in [3.8, 4) is 0 Å². The minimum Gasteiger partial charge on any atom is -0.445 e. The van der Waals surface area contributed by atoms with E-state index in [2.05, 4.69) is 0 Å². The highest BCUT2D eigenvalue weighted by Gasteiger charge is 2.36. The summed E-state index contributed by atoms with van der Waals surface area (Å²) in [5.41, 5.74) is 6.58. The summed E-state index contributed by atoms with van der Waals surface area (Å²) in [4.78, 5) is 13.7. The Morgan fingerprint density at radius 3 is 2.52 bits per heavy atom. The number of rotatable bonds is 4. The molecular weight excluding hydrogens is 340 g/mol. The van der Waals surface area contributed by atoms with Crippen molar-refractivity contribution in [2.45, 2.75) is 30.7 Å². The van der Waals surface area contributed by atoms with E-state index in [0.717, 1.165) is 5.56 Å². The number of amides is 1. The Kier molecular flexibility index (Phi) is 7.31. The quantitative estimate of drug-likeness (QED) is 0.878. The molecule has 23 heavy (non-hydrogen) atoms. The number of ether oxygens (including phenoxy) is 1. The Morgan fingerprint density at radius 2 is 1.96 bits per heavy atom. The van der Waals surface area contributed by atoms with Crippen molar-refractivity contribution in [3.05, 3.63) is 35.9 Å². The second-order valence-electron chi connectivity index (χ2n) is 5.61. The minimum atomic E-state index is -3.18. The third-order valence-electron chi connectivity index (χ3n) is 3.98. The molecule has 130 valence electrons. The van der Waals surface area contributed by atoms with Crippen molar-refractivity contribution in [1.82, 2.24) is 4.90 Å². The zero-order valence-corrected chi connectivity index (χ0v) is 14.7. The molecule has 1 fully saturated rings. The normalized spacial score (nSPS) is 21.4. The van der Waals surface area contributed by atoms with Crippen LogP contribution in [0.2, 0.25) is 0 Å². The first-order valence-corrected chi connectivity index (χ1v) is 9.23. The highest BCUT2D eigenvalue weighted by molar-refractivity contribution is 7.91. The van der Waals surface area contributed by atoms with Gasteiger partial charge in [0.2, 0.25) is 0 Å². The van der Waals surface area contributed by atoms with Gasteiger partial charge in [-0.3, -0.25) is 0 Å². The molecule has 1 saturated heterocycles. The van der Waals surface area contributed by atoms with E-state index in [9.17, 15) is 13.2 Å². The average molecular weight is 363 g/mol. The summed E-state index contributed by atoms with van der Waals surface area (Å²) >= 11 is 0. The molecule has 0 radical (unpaired) electrons. The van der Waals surface area contributed by atoms with Gasteiger partial charge in [0.1, 0.15) is 6.61 Å². The molecule has 1 heterocycles. The Morgan fingerprint density at radius 1 is 1.30 bits per heavy atom. The molecule has 1 aliphatic heterocycles. The van der Waals surface area contributed by atoms with Crippen LogP contribution in [0.5, 0.6) is 0 Å². The summed E-state index contributed by atoms with van der Waals surface area (Å²) in [6.45, 7) is 0.613. The Balaban J connectivity index is 0.00000264. The smallest absolute Gasteiger partial charge is 0.410 e. The van der Waals surface area contributed by atoms with Crippen LogP contribution in [-0.4, -0.2) is 50.0 Å². The van der Waals surface area contributed by atoms with Gasteiger partial charge in [0, 0.05) is 25.4 Å². The van der Waals surface area contributed by atoms with E-state index in [-0.39, 0.29) is 31.6 Å². The van der Waals surface area contributed by atoms with Gasteiger partial charge in [-0.15, -0.1) is 12.4 Å². The number of halogens is 1. The number of hydrogen-bond donors (Lipinski definition) is 1. The Hall–Kier alpha value is -1.31. The van der Waals surface area contributed by atoms with Crippen LogP contribution in [0.25, 0.3) is 0 Å². The lowest BCUT2D eigenvalue weighted by atomic mass is 10.0. The molecule has 2 N–H and O–H groups in total. The average Bonchev–Trinajstić information content (AvgIpc) is 2.52. The molecule has 6 nitrogen and oxygen atoms in total. The lowest BCUT2D eigenvalue weighted by Crippen LogP contribution is -2.53. The molecule has 1 amide bonds. The summed E-state index contributed by atoms with van der Waals surface area (Å²) < 4.78 is 28.7. The third kappa shape index (κ3) is 5.37. The van der Waals surface area contributed by atoms with Crippen LogP contribution in [0.4, 0.5) is 4.79 Å². The van der Waals surface area contributed by atoms with E-state index in [1.807, 2.05) is 30.3 Å². The SMILES string of the molecule is CS(=O)(=O)C1CCC(CN)N(C(=O)OCc2ccccc2)C1.Cl. The molecule has 2 atom stereocenters. The lowest BCUT2D eigenvalue weighted by Gasteiger charge is -2.37. The number of nitrogens with two attached hydrogens (primary N) is 1. The van der Waals surface area contributed by atoms with E-state index in [1.54, 1.807) is 0 Å². The molecule has 0 bridgehead atoms. The number of hydrogen-bond acceptors (Lipinski definition) is 5. The topological polar surface area (TPSA) is 89.7 Å². The molecule has 0 aromatic heterocycles. The number of nitrogens with zero attached hydrogens (tertiary/aromatic N) is 1. The number of piperidine rings is 1. The van der Waals surface area contributed by atoms with Crippen LogP contribution < -0.4 is 5.73 Å². The largest absolute Gasteiger partial charge is 0.445 e. The van der Waals surface area contributed by atoms with Crippen LogP contribution in [0.1, 0.15) is 18.4 Å². The van der Waals surface area contributed by atoms with Gasteiger partial charge < -0.3 is 15.4 Å². The van der Waals surface area contributed by atoms with E-state index < -0.39 is 21.2 Å². The predicted molar refractivity (Wildman–Crippen MR) is 91.3 cm³/mol. The fourth-order valence-electron chi connectivity index (χ4n) is 2.61. The molecule has 0 saturated carbocycles. The lowest BCUT2D eigenvalue weighted by molar-refractivity contribution is 0.0707. The van der Waals surface area contributed by atoms with E-state index in [1.165, 1.54) is 11.2 Å². The molecule has 8 heteroatoms. The zero-order valence-electron chi connectivity index (χ0n) is 13.1. The number of carbonyl (C=O) groups excluding carboxylic acids is 1. The molecule has 1 aromatic rings. The number of benzene rings is 1. The van der Waals surface area contributed by atoms with E-state index in [0.29, 0.717) is 19.4 Å². The number of likely N-dealkylation sites (tertiary alicyclic amines) is 1. The van der Waals surface area contributed by atoms with Crippen LogP contribution in [0, 0.1) is 0 Å². The van der Waals surface area contributed by atoms with Gasteiger partial charge in [0.15, 0.2) is 9.84 Å². The first kappa shape index (κ1) is 19.7. The molecular formula is C15H23ClN2O4S. The van der Waals surface area contributed by atoms with E-state index >= 15 is 0 Å². The summed E-state index contributed by atoms with van der Waals surface area (Å²) in [6, 6.07) is 9.18. The van der Waals surface area contributed by atoms with Crippen LogP contribution in [-0.2, 0) is 21.2 Å².